The van der Waals surface area contributed by atoms with Crippen LogP contribution in [0.1, 0.15) is 13.8 Å². The van der Waals surface area contributed by atoms with Crippen molar-refractivity contribution in [3.63, 3.8) is 0 Å². The minimum absolute atomic E-state index is 0.717. The summed E-state index contributed by atoms with van der Waals surface area (Å²) in [7, 11) is 1.21. The van der Waals surface area contributed by atoms with Gasteiger partial charge in [0.25, 0.3) is 0 Å². The predicted octanol–water partition coefficient (Wildman–Crippen LogP) is 2.16. The highest BCUT2D eigenvalue weighted by molar-refractivity contribution is 8.31. The van der Waals surface area contributed by atoms with Gasteiger partial charge in [-0.1, -0.05) is 13.8 Å². The highest BCUT2D eigenvalue weighted by atomic mass is 32.3. The molecule has 0 saturated heterocycles. The van der Waals surface area contributed by atoms with E-state index < -0.39 is 10.2 Å². The number of nitrogens with zero attached hydrogens (tertiary/aromatic N) is 2. The third kappa shape index (κ3) is 1.99. The third-order valence-corrected chi connectivity index (χ3v) is 6.13. The van der Waals surface area contributed by atoms with Crippen LogP contribution >= 0.6 is 10.2 Å². The molecule has 1 aromatic rings. The van der Waals surface area contributed by atoms with Crippen LogP contribution in [0.2, 0.25) is 0 Å². The van der Waals surface area contributed by atoms with Gasteiger partial charge in [-0.25, -0.2) is 4.09 Å². The second-order valence-electron chi connectivity index (χ2n) is 3.18. The van der Waals surface area contributed by atoms with Crippen molar-refractivity contribution < 1.29 is 0 Å². The SMILES string of the molecule is CCS(C)(CC)n1cc(NC)cn1. The summed E-state index contributed by atoms with van der Waals surface area (Å²) in [6.45, 7) is 4.47. The molecule has 1 rings (SSSR count). The first-order valence-electron chi connectivity index (χ1n) is 4.63. The van der Waals surface area contributed by atoms with Gasteiger partial charge in [0, 0.05) is 7.05 Å². The first kappa shape index (κ1) is 10.4. The summed E-state index contributed by atoms with van der Waals surface area (Å²) in [6, 6.07) is 0. The van der Waals surface area contributed by atoms with Crippen molar-refractivity contribution in [3.05, 3.63) is 12.4 Å². The van der Waals surface area contributed by atoms with E-state index >= 15 is 0 Å². The molecule has 13 heavy (non-hydrogen) atoms. The van der Waals surface area contributed by atoms with E-state index in [1.165, 1.54) is 11.5 Å². The molecule has 1 heterocycles. The molecule has 0 aliphatic heterocycles. The molecule has 1 N–H and O–H groups in total. The van der Waals surface area contributed by atoms with Crippen molar-refractivity contribution in [2.45, 2.75) is 13.8 Å². The van der Waals surface area contributed by atoms with Gasteiger partial charge in [-0.2, -0.15) is 5.10 Å². The van der Waals surface area contributed by atoms with Crippen molar-refractivity contribution in [2.24, 2.45) is 0 Å². The largest absolute Gasteiger partial charge is 0.386 e. The molecule has 1 aromatic heterocycles. The van der Waals surface area contributed by atoms with Crippen molar-refractivity contribution in [1.29, 1.82) is 0 Å². The molecular weight excluding hydrogens is 182 g/mol. The summed E-state index contributed by atoms with van der Waals surface area (Å²) >= 11 is 0. The molecule has 0 fully saturated rings. The maximum Gasteiger partial charge on any atom is 0.0734 e. The highest BCUT2D eigenvalue weighted by Gasteiger charge is 2.16. The first-order valence-corrected chi connectivity index (χ1v) is 6.96. The summed E-state index contributed by atoms with van der Waals surface area (Å²) < 4.78 is 2.14. The topological polar surface area (TPSA) is 29.9 Å². The molecule has 0 amide bonds. The van der Waals surface area contributed by atoms with Crippen LogP contribution in [0.15, 0.2) is 12.4 Å². The summed E-state index contributed by atoms with van der Waals surface area (Å²) in [5.41, 5.74) is 1.10. The lowest BCUT2D eigenvalue weighted by atomic mass is 10.6. The third-order valence-electron chi connectivity index (χ3n) is 2.54. The molecule has 0 aromatic carbocycles. The Labute approximate surface area is 82.0 Å². The van der Waals surface area contributed by atoms with Crippen molar-refractivity contribution in [1.82, 2.24) is 9.19 Å². The number of aromatic nitrogens is 2. The Kier molecular flexibility index (Phi) is 3.25. The standard InChI is InChI=1S/C9H19N3S/c1-5-13(4,6-2)12-8-9(10-3)7-11-12/h7-8,10H,5-6H2,1-4H3. The monoisotopic (exact) mass is 201 g/mol. The molecule has 0 spiro atoms. The molecule has 0 radical (unpaired) electrons. The Hall–Kier alpha value is -0.640. The second kappa shape index (κ2) is 4.05. The molecule has 4 heteroatoms. The first-order chi connectivity index (χ1) is 6.16. The number of hydrogen-bond acceptors (Lipinski definition) is 2. The summed E-state index contributed by atoms with van der Waals surface area (Å²) in [5.74, 6) is 2.38. The fourth-order valence-electron chi connectivity index (χ4n) is 1.14. The van der Waals surface area contributed by atoms with Gasteiger partial charge >= 0.3 is 0 Å². The van der Waals surface area contributed by atoms with Crippen molar-refractivity contribution in [2.75, 3.05) is 30.1 Å². The Bertz CT molecular complexity index is 266. The van der Waals surface area contributed by atoms with Crippen LogP contribution in [0.5, 0.6) is 0 Å². The van der Waals surface area contributed by atoms with Crippen molar-refractivity contribution in [3.8, 4) is 0 Å². The van der Waals surface area contributed by atoms with Gasteiger partial charge in [0.2, 0.25) is 0 Å². The zero-order chi connectivity index (χ0) is 9.90. The van der Waals surface area contributed by atoms with E-state index in [1.807, 2.05) is 13.2 Å². The smallest absolute Gasteiger partial charge is 0.0734 e. The van der Waals surface area contributed by atoms with Gasteiger partial charge in [0.1, 0.15) is 0 Å². The lowest BCUT2D eigenvalue weighted by Crippen LogP contribution is -2.14. The number of anilines is 1. The van der Waals surface area contributed by atoms with Crippen LogP contribution < -0.4 is 5.32 Å². The normalized spacial score (nSPS) is 12.9. The van der Waals surface area contributed by atoms with Crippen LogP contribution in [-0.2, 0) is 0 Å². The van der Waals surface area contributed by atoms with Crippen LogP contribution in [0, 0.1) is 0 Å². The molecular formula is C9H19N3S. The number of rotatable bonds is 4. The summed E-state index contributed by atoms with van der Waals surface area (Å²) in [6.07, 6.45) is 6.30. The lowest BCUT2D eigenvalue weighted by molar-refractivity contribution is 0.979. The fourth-order valence-corrected chi connectivity index (χ4v) is 2.72. The molecule has 0 aliphatic carbocycles. The van der Waals surface area contributed by atoms with Gasteiger partial charge in [0.05, 0.1) is 18.1 Å². The molecule has 0 unspecified atom stereocenters. The van der Waals surface area contributed by atoms with E-state index in [1.54, 1.807) is 0 Å². The number of nitrogens with one attached hydrogen (secondary N) is 1. The van der Waals surface area contributed by atoms with Crippen LogP contribution in [0.3, 0.4) is 0 Å². The zero-order valence-corrected chi connectivity index (χ0v) is 9.69. The van der Waals surface area contributed by atoms with Crippen LogP contribution in [0.4, 0.5) is 5.69 Å². The summed E-state index contributed by atoms with van der Waals surface area (Å²) in [4.78, 5) is 0. The average Bonchev–Trinajstić information content (AvgIpc) is 2.65. The summed E-state index contributed by atoms with van der Waals surface area (Å²) in [5, 5.41) is 7.49. The van der Waals surface area contributed by atoms with Gasteiger partial charge in [-0.05, 0) is 17.8 Å². The predicted molar refractivity (Wildman–Crippen MR) is 61.8 cm³/mol. The van der Waals surface area contributed by atoms with Gasteiger partial charge < -0.3 is 5.32 Å². The van der Waals surface area contributed by atoms with Gasteiger partial charge in [0.15, 0.2) is 0 Å². The van der Waals surface area contributed by atoms with Crippen LogP contribution in [-0.4, -0.2) is 34.0 Å². The Morgan fingerprint density at radius 2 is 2.08 bits per heavy atom. The molecule has 0 aliphatic rings. The quantitative estimate of drug-likeness (QED) is 0.809. The molecule has 3 nitrogen and oxygen atoms in total. The van der Waals surface area contributed by atoms with E-state index in [9.17, 15) is 0 Å². The zero-order valence-electron chi connectivity index (χ0n) is 8.87. The van der Waals surface area contributed by atoms with E-state index in [4.69, 9.17) is 0 Å². The second-order valence-corrected chi connectivity index (χ2v) is 7.15. The maximum atomic E-state index is 4.39. The highest BCUT2D eigenvalue weighted by Crippen LogP contribution is 2.44. The average molecular weight is 201 g/mol. The van der Waals surface area contributed by atoms with Crippen LogP contribution in [0.25, 0.3) is 0 Å². The van der Waals surface area contributed by atoms with E-state index in [-0.39, 0.29) is 0 Å². The minimum Gasteiger partial charge on any atom is -0.386 e. The maximum absolute atomic E-state index is 4.39. The Morgan fingerprint density at radius 3 is 2.46 bits per heavy atom. The Balaban J connectivity index is 2.91. The minimum atomic E-state index is -0.717. The van der Waals surface area contributed by atoms with Gasteiger partial charge in [-0.15, -0.1) is 10.2 Å². The lowest BCUT2D eigenvalue weighted by Gasteiger charge is -2.33. The van der Waals surface area contributed by atoms with E-state index in [0.717, 1.165) is 5.69 Å². The molecule has 0 bridgehead atoms. The molecule has 0 atom stereocenters. The fraction of sp³-hybridized carbons (Fsp3) is 0.667. The van der Waals surface area contributed by atoms with E-state index in [2.05, 4.69) is 40.8 Å². The van der Waals surface area contributed by atoms with Gasteiger partial charge in [-0.3, -0.25) is 0 Å². The Morgan fingerprint density at radius 1 is 1.46 bits per heavy atom. The molecule has 76 valence electrons. The van der Waals surface area contributed by atoms with E-state index in [0.29, 0.717) is 0 Å². The number of hydrogen-bond donors (Lipinski definition) is 1. The van der Waals surface area contributed by atoms with Crippen molar-refractivity contribution >= 4 is 15.9 Å². The molecule has 0 saturated carbocycles.